The van der Waals surface area contributed by atoms with Crippen LogP contribution in [-0.4, -0.2) is 28.9 Å². The Morgan fingerprint density at radius 1 is 1.38 bits per heavy atom. The molecule has 0 radical (unpaired) electrons. The number of amides is 1. The number of carbonyl (C=O) groups is 1. The van der Waals surface area contributed by atoms with Gasteiger partial charge in [-0.2, -0.15) is 0 Å². The van der Waals surface area contributed by atoms with Crippen LogP contribution < -0.4 is 5.32 Å². The number of halogens is 1. The predicted molar refractivity (Wildman–Crippen MR) is 92.7 cm³/mol. The maximum absolute atomic E-state index is 13.1. The van der Waals surface area contributed by atoms with Crippen LogP contribution in [0.4, 0.5) is 9.52 Å². The number of fused-ring (bicyclic) bond motifs is 1. The predicted octanol–water partition coefficient (Wildman–Crippen LogP) is 3.33. The number of nitrogens with one attached hydrogen (secondary N) is 1. The fourth-order valence-electron chi connectivity index (χ4n) is 3.33. The van der Waals surface area contributed by atoms with Crippen LogP contribution in [0.5, 0.6) is 0 Å². The monoisotopic (exact) mass is 345 g/mol. The zero-order chi connectivity index (χ0) is 16.7. The summed E-state index contributed by atoms with van der Waals surface area (Å²) in [5.74, 6) is -0.296. The first-order valence-corrected chi connectivity index (χ1v) is 9.21. The third-order valence-corrected chi connectivity index (χ3v) is 6.06. The number of hydrogen-bond donors (Lipinski definition) is 1. The van der Waals surface area contributed by atoms with E-state index in [0.717, 1.165) is 50.2 Å². The van der Waals surface area contributed by atoms with Crippen molar-refractivity contribution in [2.24, 2.45) is 0 Å². The number of benzene rings is 1. The Bertz CT molecular complexity index is 767. The number of carbonyl (C=O) groups excluding carboxylic acids is 1. The highest BCUT2D eigenvalue weighted by Gasteiger charge is 2.51. The van der Waals surface area contributed by atoms with Crippen molar-refractivity contribution in [3.63, 3.8) is 0 Å². The summed E-state index contributed by atoms with van der Waals surface area (Å²) >= 11 is 1.58. The van der Waals surface area contributed by atoms with Crippen LogP contribution in [0.1, 0.15) is 35.9 Å². The normalized spacial score (nSPS) is 18.9. The Kier molecular flexibility index (Phi) is 3.89. The molecule has 1 aromatic carbocycles. The smallest absolute Gasteiger partial charge is 0.236 e. The number of nitrogens with zero attached hydrogens (tertiary/aromatic N) is 2. The lowest BCUT2D eigenvalue weighted by Gasteiger charge is -2.23. The molecule has 2 heterocycles. The molecule has 1 aromatic heterocycles. The average Bonchev–Trinajstić information content (AvgIpc) is 3.30. The van der Waals surface area contributed by atoms with E-state index in [1.165, 1.54) is 17.0 Å². The lowest BCUT2D eigenvalue weighted by atomic mass is 9.95. The first-order valence-electron chi connectivity index (χ1n) is 8.39. The van der Waals surface area contributed by atoms with Gasteiger partial charge in [0.2, 0.25) is 5.91 Å². The molecule has 1 fully saturated rings. The van der Waals surface area contributed by atoms with Crippen LogP contribution in [0.25, 0.3) is 0 Å². The molecule has 1 amide bonds. The van der Waals surface area contributed by atoms with E-state index in [4.69, 9.17) is 0 Å². The van der Waals surface area contributed by atoms with Gasteiger partial charge in [-0.1, -0.05) is 19.1 Å². The van der Waals surface area contributed by atoms with E-state index in [2.05, 4.69) is 22.1 Å². The zero-order valence-corrected chi connectivity index (χ0v) is 14.5. The van der Waals surface area contributed by atoms with Crippen LogP contribution in [0, 0.1) is 5.82 Å². The molecule has 0 saturated heterocycles. The molecule has 0 atom stereocenters. The summed E-state index contributed by atoms with van der Waals surface area (Å²) in [7, 11) is 0. The quantitative estimate of drug-likeness (QED) is 0.924. The molecule has 24 heavy (non-hydrogen) atoms. The van der Waals surface area contributed by atoms with Gasteiger partial charge in [0.05, 0.1) is 11.1 Å². The second-order valence-electron chi connectivity index (χ2n) is 6.55. The standard InChI is InChI=1S/C18H20FN3OS/c1-2-22-10-7-14-15(11-22)24-17(20-14)21-16(23)18(8-9-18)12-3-5-13(19)6-4-12/h3-6H,2,7-11H2,1H3,(H,20,21,23). The minimum atomic E-state index is -0.505. The fourth-order valence-corrected chi connectivity index (χ4v) is 4.37. The molecular weight excluding hydrogens is 325 g/mol. The fraction of sp³-hybridized carbons (Fsp3) is 0.444. The Balaban J connectivity index is 1.51. The molecule has 4 nitrogen and oxygen atoms in total. The molecule has 1 saturated carbocycles. The van der Waals surface area contributed by atoms with E-state index < -0.39 is 5.41 Å². The van der Waals surface area contributed by atoms with Crippen molar-refractivity contribution < 1.29 is 9.18 Å². The van der Waals surface area contributed by atoms with Gasteiger partial charge >= 0.3 is 0 Å². The van der Waals surface area contributed by atoms with E-state index in [9.17, 15) is 9.18 Å². The van der Waals surface area contributed by atoms with Gasteiger partial charge in [-0.3, -0.25) is 9.69 Å². The average molecular weight is 345 g/mol. The van der Waals surface area contributed by atoms with Gasteiger partial charge in [-0.15, -0.1) is 11.3 Å². The molecular formula is C18H20FN3OS. The van der Waals surface area contributed by atoms with Crippen molar-refractivity contribution >= 4 is 22.4 Å². The van der Waals surface area contributed by atoms with Crippen molar-refractivity contribution in [1.29, 1.82) is 0 Å². The van der Waals surface area contributed by atoms with Gasteiger partial charge in [0.15, 0.2) is 5.13 Å². The van der Waals surface area contributed by atoms with Crippen molar-refractivity contribution in [3.05, 3.63) is 46.2 Å². The third kappa shape index (κ3) is 2.74. The second kappa shape index (κ2) is 5.93. The lowest BCUT2D eigenvalue weighted by molar-refractivity contribution is -0.118. The summed E-state index contributed by atoms with van der Waals surface area (Å²) in [5.41, 5.74) is 1.50. The summed E-state index contributed by atoms with van der Waals surface area (Å²) in [4.78, 5) is 21.0. The van der Waals surface area contributed by atoms with Crippen LogP contribution in [0.3, 0.4) is 0 Å². The number of aromatic nitrogens is 1. The Labute approximate surface area is 144 Å². The maximum atomic E-state index is 13.1. The highest BCUT2D eigenvalue weighted by atomic mass is 32.1. The largest absolute Gasteiger partial charge is 0.301 e. The number of anilines is 1. The van der Waals surface area contributed by atoms with E-state index in [-0.39, 0.29) is 11.7 Å². The van der Waals surface area contributed by atoms with Crippen LogP contribution in [0.15, 0.2) is 24.3 Å². The number of likely N-dealkylation sites (N-methyl/N-ethyl adjacent to an activating group) is 1. The lowest BCUT2D eigenvalue weighted by Crippen LogP contribution is -2.29. The molecule has 0 bridgehead atoms. The molecule has 2 aliphatic rings. The maximum Gasteiger partial charge on any atom is 0.236 e. The van der Waals surface area contributed by atoms with Gasteiger partial charge in [-0.05, 0) is 37.1 Å². The van der Waals surface area contributed by atoms with E-state index >= 15 is 0 Å². The van der Waals surface area contributed by atoms with Crippen molar-refractivity contribution in [2.75, 3.05) is 18.4 Å². The van der Waals surface area contributed by atoms with E-state index in [0.29, 0.717) is 5.13 Å². The van der Waals surface area contributed by atoms with Crippen LogP contribution in [-0.2, 0) is 23.2 Å². The minimum Gasteiger partial charge on any atom is -0.301 e. The second-order valence-corrected chi connectivity index (χ2v) is 7.63. The summed E-state index contributed by atoms with van der Waals surface area (Å²) < 4.78 is 13.1. The van der Waals surface area contributed by atoms with Gasteiger partial charge in [0, 0.05) is 24.4 Å². The minimum absolute atomic E-state index is 0.0208. The van der Waals surface area contributed by atoms with Gasteiger partial charge in [-0.25, -0.2) is 9.37 Å². The Morgan fingerprint density at radius 2 is 2.12 bits per heavy atom. The van der Waals surface area contributed by atoms with E-state index in [1.807, 2.05) is 0 Å². The number of hydrogen-bond acceptors (Lipinski definition) is 4. The highest BCUT2D eigenvalue weighted by Crippen LogP contribution is 2.49. The van der Waals surface area contributed by atoms with Crippen molar-refractivity contribution in [2.45, 2.75) is 38.1 Å². The first kappa shape index (κ1) is 15.7. The molecule has 2 aromatic rings. The summed E-state index contributed by atoms with van der Waals surface area (Å²) in [6.45, 7) is 5.14. The summed E-state index contributed by atoms with van der Waals surface area (Å²) in [6, 6.07) is 6.27. The molecule has 1 N–H and O–H groups in total. The van der Waals surface area contributed by atoms with Gasteiger partial charge in [0.1, 0.15) is 5.82 Å². The SMILES string of the molecule is CCN1CCc2nc(NC(=O)C3(c4ccc(F)cc4)CC3)sc2C1. The molecule has 0 spiro atoms. The molecule has 6 heteroatoms. The third-order valence-electron chi connectivity index (χ3n) is 5.06. The highest BCUT2D eigenvalue weighted by molar-refractivity contribution is 7.15. The Hall–Kier alpha value is -1.79. The van der Waals surface area contributed by atoms with Gasteiger partial charge in [0.25, 0.3) is 0 Å². The molecule has 1 aliphatic heterocycles. The molecule has 1 aliphatic carbocycles. The van der Waals surface area contributed by atoms with Crippen molar-refractivity contribution in [3.8, 4) is 0 Å². The molecule has 126 valence electrons. The summed E-state index contributed by atoms with van der Waals surface area (Å²) in [5, 5.41) is 3.70. The Morgan fingerprint density at radius 3 is 2.79 bits per heavy atom. The van der Waals surface area contributed by atoms with Gasteiger partial charge < -0.3 is 5.32 Å². The van der Waals surface area contributed by atoms with E-state index in [1.54, 1.807) is 23.5 Å². The molecule has 0 unspecified atom stereocenters. The van der Waals surface area contributed by atoms with Crippen LogP contribution in [0.2, 0.25) is 0 Å². The summed E-state index contributed by atoms with van der Waals surface area (Å²) in [6.07, 6.45) is 2.55. The number of rotatable bonds is 4. The topological polar surface area (TPSA) is 45.2 Å². The number of thiazole rings is 1. The van der Waals surface area contributed by atoms with Crippen molar-refractivity contribution in [1.82, 2.24) is 9.88 Å². The molecule has 4 rings (SSSR count). The first-order chi connectivity index (χ1) is 11.6. The zero-order valence-electron chi connectivity index (χ0n) is 13.6. The van der Waals surface area contributed by atoms with Crippen LogP contribution >= 0.6 is 11.3 Å².